The fraction of sp³-hybridized carbons (Fsp3) is 0.429. The number of aliphatic hydroxyl groups is 1. The summed E-state index contributed by atoms with van der Waals surface area (Å²) in [4.78, 5) is 36.8. The number of aliphatic hydroxyl groups excluding tert-OH is 1. The molecule has 2 atom stereocenters. The van der Waals surface area contributed by atoms with E-state index >= 15 is 0 Å². The Kier molecular flexibility index (Phi) is 6.94. The van der Waals surface area contributed by atoms with Gasteiger partial charge in [-0.3, -0.25) is 4.99 Å². The summed E-state index contributed by atoms with van der Waals surface area (Å²) < 4.78 is 0. The Bertz CT molecular complexity index is 565. The van der Waals surface area contributed by atoms with E-state index in [1.807, 2.05) is 0 Å². The lowest BCUT2D eigenvalue weighted by molar-refractivity contribution is -0.140. The summed E-state index contributed by atoms with van der Waals surface area (Å²) in [6, 6.07) is -2.09. The predicted molar refractivity (Wildman–Crippen MR) is 79.2 cm³/mol. The lowest BCUT2D eigenvalue weighted by Gasteiger charge is -2.21. The Labute approximate surface area is 131 Å². The van der Waals surface area contributed by atoms with Crippen molar-refractivity contribution in [3.63, 3.8) is 0 Å². The number of hydrogen-bond donors (Lipinski definition) is 5. The fourth-order valence-electron chi connectivity index (χ4n) is 1.94. The topological polar surface area (TPSA) is 157 Å². The molecule has 0 aromatic carbocycles. The van der Waals surface area contributed by atoms with Gasteiger partial charge in [0.15, 0.2) is 0 Å². The van der Waals surface area contributed by atoms with E-state index in [1.165, 1.54) is 18.4 Å². The van der Waals surface area contributed by atoms with E-state index in [2.05, 4.69) is 10.3 Å². The van der Waals surface area contributed by atoms with E-state index < -0.39 is 30.0 Å². The van der Waals surface area contributed by atoms with Gasteiger partial charge in [0, 0.05) is 19.2 Å². The standard InChI is InChI=1S/C14H18N2O7/c17-5-1-2-9(12(18)19)15-4-3-8-6-10(13(20)21)16-11(7-8)14(22)23/h3-4,6,9,11,16-17H,1-2,5,7H2,(H,18,19)(H,20,21)(H,22,23)/b8-3+,15-4?. The Morgan fingerprint density at radius 1 is 1.35 bits per heavy atom. The van der Waals surface area contributed by atoms with E-state index in [0.29, 0.717) is 12.0 Å². The van der Waals surface area contributed by atoms with Crippen LogP contribution >= 0.6 is 0 Å². The second-order valence-electron chi connectivity index (χ2n) is 4.86. The minimum atomic E-state index is -1.29. The number of aliphatic imine (C=N–C) groups is 1. The van der Waals surface area contributed by atoms with Crippen LogP contribution in [0.3, 0.4) is 0 Å². The van der Waals surface area contributed by atoms with Crippen molar-refractivity contribution >= 4 is 24.1 Å². The molecule has 126 valence electrons. The summed E-state index contributed by atoms with van der Waals surface area (Å²) in [5, 5.41) is 38.0. The highest BCUT2D eigenvalue weighted by molar-refractivity contribution is 5.89. The smallest absolute Gasteiger partial charge is 0.351 e. The third-order valence-electron chi connectivity index (χ3n) is 3.10. The molecule has 1 aliphatic rings. The summed E-state index contributed by atoms with van der Waals surface area (Å²) in [5.74, 6) is -3.61. The van der Waals surface area contributed by atoms with Crippen molar-refractivity contribution in [2.24, 2.45) is 4.99 Å². The van der Waals surface area contributed by atoms with E-state index in [0.717, 1.165) is 0 Å². The first-order chi connectivity index (χ1) is 10.8. The van der Waals surface area contributed by atoms with Crippen LogP contribution in [0.1, 0.15) is 19.3 Å². The lowest BCUT2D eigenvalue weighted by atomic mass is 10.00. The van der Waals surface area contributed by atoms with Gasteiger partial charge in [0.05, 0.1) is 0 Å². The molecule has 9 heteroatoms. The van der Waals surface area contributed by atoms with E-state index in [1.54, 1.807) is 0 Å². The monoisotopic (exact) mass is 326 g/mol. The van der Waals surface area contributed by atoms with Gasteiger partial charge in [-0.1, -0.05) is 0 Å². The Balaban J connectivity index is 2.89. The maximum Gasteiger partial charge on any atom is 0.351 e. The van der Waals surface area contributed by atoms with Gasteiger partial charge in [-0.05, 0) is 30.6 Å². The zero-order valence-electron chi connectivity index (χ0n) is 12.2. The van der Waals surface area contributed by atoms with Crippen LogP contribution in [0.2, 0.25) is 0 Å². The summed E-state index contributed by atoms with van der Waals surface area (Å²) >= 11 is 0. The molecule has 0 amide bonds. The third-order valence-corrected chi connectivity index (χ3v) is 3.10. The number of rotatable bonds is 8. The summed E-state index contributed by atoms with van der Waals surface area (Å²) in [7, 11) is 0. The molecule has 0 saturated heterocycles. The molecule has 0 fully saturated rings. The highest BCUT2D eigenvalue weighted by atomic mass is 16.4. The number of nitrogens with one attached hydrogen (secondary N) is 1. The molecule has 0 saturated carbocycles. The number of hydrogen-bond acceptors (Lipinski definition) is 6. The van der Waals surface area contributed by atoms with Crippen molar-refractivity contribution in [3.8, 4) is 0 Å². The van der Waals surface area contributed by atoms with Gasteiger partial charge in [0.1, 0.15) is 17.8 Å². The minimum Gasteiger partial charge on any atom is -0.480 e. The average Bonchev–Trinajstić information content (AvgIpc) is 2.49. The van der Waals surface area contributed by atoms with Crippen molar-refractivity contribution in [3.05, 3.63) is 23.4 Å². The number of nitrogens with zero attached hydrogens (tertiary/aromatic N) is 1. The zero-order valence-corrected chi connectivity index (χ0v) is 12.2. The highest BCUT2D eigenvalue weighted by Crippen LogP contribution is 2.16. The molecule has 0 aromatic heterocycles. The molecule has 9 nitrogen and oxygen atoms in total. The summed E-state index contributed by atoms with van der Waals surface area (Å²) in [5.41, 5.74) is 0.155. The van der Waals surface area contributed by atoms with Gasteiger partial charge in [0.2, 0.25) is 0 Å². The third kappa shape index (κ3) is 5.91. The number of carboxylic acid groups (broad SMARTS) is 3. The molecular formula is C14H18N2O7. The first-order valence-corrected chi connectivity index (χ1v) is 6.85. The van der Waals surface area contributed by atoms with Crippen LogP contribution in [0.25, 0.3) is 0 Å². The molecule has 5 N–H and O–H groups in total. The molecule has 2 unspecified atom stereocenters. The van der Waals surface area contributed by atoms with Crippen LogP contribution < -0.4 is 5.32 Å². The largest absolute Gasteiger partial charge is 0.480 e. The van der Waals surface area contributed by atoms with Crippen LogP contribution in [0.5, 0.6) is 0 Å². The van der Waals surface area contributed by atoms with Gasteiger partial charge in [0.25, 0.3) is 0 Å². The maximum atomic E-state index is 11.0. The average molecular weight is 326 g/mol. The molecule has 0 radical (unpaired) electrons. The molecular weight excluding hydrogens is 308 g/mol. The Morgan fingerprint density at radius 2 is 2.04 bits per heavy atom. The summed E-state index contributed by atoms with van der Waals surface area (Å²) in [6.45, 7) is -0.142. The minimum absolute atomic E-state index is 0.0481. The predicted octanol–water partition coefficient (Wildman–Crippen LogP) is -0.376. The van der Waals surface area contributed by atoms with Crippen molar-refractivity contribution in [2.45, 2.75) is 31.3 Å². The molecule has 0 spiro atoms. The first-order valence-electron chi connectivity index (χ1n) is 6.85. The number of allylic oxidation sites excluding steroid dienone is 2. The normalized spacial score (nSPS) is 20.8. The number of carboxylic acids is 3. The fourth-order valence-corrected chi connectivity index (χ4v) is 1.94. The highest BCUT2D eigenvalue weighted by Gasteiger charge is 2.26. The quantitative estimate of drug-likeness (QED) is 0.378. The van der Waals surface area contributed by atoms with Crippen molar-refractivity contribution in [1.82, 2.24) is 5.32 Å². The summed E-state index contributed by atoms with van der Waals surface area (Å²) in [6.07, 6.45) is 4.38. The van der Waals surface area contributed by atoms with E-state index in [-0.39, 0.29) is 25.1 Å². The Morgan fingerprint density at radius 3 is 2.57 bits per heavy atom. The van der Waals surface area contributed by atoms with Crippen LogP contribution in [-0.2, 0) is 14.4 Å². The van der Waals surface area contributed by atoms with Crippen molar-refractivity contribution in [2.75, 3.05) is 6.61 Å². The van der Waals surface area contributed by atoms with Crippen LogP contribution in [-0.4, -0.2) is 63.2 Å². The van der Waals surface area contributed by atoms with Crippen LogP contribution in [0, 0.1) is 0 Å². The molecule has 0 aromatic rings. The van der Waals surface area contributed by atoms with Gasteiger partial charge >= 0.3 is 17.9 Å². The van der Waals surface area contributed by atoms with Crippen LogP contribution in [0.4, 0.5) is 0 Å². The van der Waals surface area contributed by atoms with E-state index in [9.17, 15) is 14.4 Å². The number of carbonyl (C=O) groups is 3. The van der Waals surface area contributed by atoms with Gasteiger partial charge in [-0.25, -0.2) is 14.4 Å². The van der Waals surface area contributed by atoms with Gasteiger partial charge < -0.3 is 25.7 Å². The van der Waals surface area contributed by atoms with Gasteiger partial charge in [-0.2, -0.15) is 0 Å². The second kappa shape index (κ2) is 8.69. The number of aliphatic carboxylic acids is 3. The molecule has 23 heavy (non-hydrogen) atoms. The first kappa shape index (κ1) is 18.4. The zero-order chi connectivity index (χ0) is 17.4. The SMILES string of the molecule is O=C(O)C1=C/C(=C\C=NC(CCCO)C(=O)O)CC(C(=O)O)N1. The Hall–Kier alpha value is -2.68. The second-order valence-corrected chi connectivity index (χ2v) is 4.86. The molecule has 0 bridgehead atoms. The van der Waals surface area contributed by atoms with Crippen LogP contribution in [0.15, 0.2) is 28.4 Å². The van der Waals surface area contributed by atoms with Crippen molar-refractivity contribution in [1.29, 1.82) is 0 Å². The van der Waals surface area contributed by atoms with E-state index in [4.69, 9.17) is 20.4 Å². The lowest BCUT2D eigenvalue weighted by Crippen LogP contribution is -2.41. The molecule has 0 aliphatic carbocycles. The molecule has 1 aliphatic heterocycles. The maximum absolute atomic E-state index is 11.0. The van der Waals surface area contributed by atoms with Crippen molar-refractivity contribution < 1.29 is 34.8 Å². The molecule has 1 rings (SSSR count). The molecule has 1 heterocycles. The van der Waals surface area contributed by atoms with Gasteiger partial charge in [-0.15, -0.1) is 0 Å².